The molecule has 0 amide bonds. The molecule has 0 spiro atoms. The SMILES string of the molecule is C#CCNC1(C(=O)OC)CCC(C)CC1. The summed E-state index contributed by atoms with van der Waals surface area (Å²) in [5.41, 5.74) is -0.534. The van der Waals surface area contributed by atoms with Gasteiger partial charge in [-0.3, -0.25) is 10.1 Å². The van der Waals surface area contributed by atoms with Crippen molar-refractivity contribution >= 4 is 5.97 Å². The molecule has 1 aliphatic rings. The van der Waals surface area contributed by atoms with Crippen LogP contribution >= 0.6 is 0 Å². The smallest absolute Gasteiger partial charge is 0.326 e. The molecule has 0 unspecified atom stereocenters. The Morgan fingerprint density at radius 2 is 2.20 bits per heavy atom. The van der Waals surface area contributed by atoms with Gasteiger partial charge in [0.05, 0.1) is 13.7 Å². The van der Waals surface area contributed by atoms with Crippen molar-refractivity contribution in [3.63, 3.8) is 0 Å². The fourth-order valence-electron chi connectivity index (χ4n) is 2.12. The third-order valence-electron chi connectivity index (χ3n) is 3.23. The highest BCUT2D eigenvalue weighted by molar-refractivity contribution is 5.81. The number of hydrogen-bond donors (Lipinski definition) is 1. The molecule has 1 N–H and O–H groups in total. The van der Waals surface area contributed by atoms with Crippen LogP contribution in [0.4, 0.5) is 0 Å². The summed E-state index contributed by atoms with van der Waals surface area (Å²) in [6.45, 7) is 2.63. The molecule has 84 valence electrons. The van der Waals surface area contributed by atoms with E-state index in [1.165, 1.54) is 7.11 Å². The van der Waals surface area contributed by atoms with Crippen LogP contribution in [0.25, 0.3) is 0 Å². The summed E-state index contributed by atoms with van der Waals surface area (Å²) in [7, 11) is 1.43. The molecule has 0 atom stereocenters. The molecule has 3 nitrogen and oxygen atoms in total. The van der Waals surface area contributed by atoms with Crippen molar-refractivity contribution < 1.29 is 9.53 Å². The zero-order valence-electron chi connectivity index (χ0n) is 9.51. The highest BCUT2D eigenvalue weighted by atomic mass is 16.5. The van der Waals surface area contributed by atoms with Crippen molar-refractivity contribution in [1.29, 1.82) is 0 Å². The quantitative estimate of drug-likeness (QED) is 0.563. The molecular weight excluding hydrogens is 190 g/mol. The maximum atomic E-state index is 11.7. The molecule has 3 heteroatoms. The van der Waals surface area contributed by atoms with Gasteiger partial charge >= 0.3 is 5.97 Å². The minimum atomic E-state index is -0.534. The topological polar surface area (TPSA) is 38.3 Å². The van der Waals surface area contributed by atoms with E-state index in [2.05, 4.69) is 18.2 Å². The number of rotatable bonds is 3. The first kappa shape index (κ1) is 12.1. The predicted molar refractivity (Wildman–Crippen MR) is 59.2 cm³/mol. The molecule has 0 aliphatic heterocycles. The Morgan fingerprint density at radius 3 is 2.67 bits per heavy atom. The number of esters is 1. The van der Waals surface area contributed by atoms with Crippen LogP contribution in [0.15, 0.2) is 0 Å². The van der Waals surface area contributed by atoms with Crippen LogP contribution in [-0.2, 0) is 9.53 Å². The molecule has 1 aliphatic carbocycles. The van der Waals surface area contributed by atoms with Gasteiger partial charge in [-0.2, -0.15) is 0 Å². The minimum Gasteiger partial charge on any atom is -0.468 e. The van der Waals surface area contributed by atoms with Gasteiger partial charge in [0, 0.05) is 0 Å². The lowest BCUT2D eigenvalue weighted by molar-refractivity contribution is -0.150. The highest BCUT2D eigenvalue weighted by Crippen LogP contribution is 2.32. The Kier molecular flexibility index (Phi) is 4.16. The summed E-state index contributed by atoms with van der Waals surface area (Å²) < 4.78 is 4.86. The normalized spacial score (nSPS) is 30.6. The van der Waals surface area contributed by atoms with Gasteiger partial charge < -0.3 is 4.74 Å². The summed E-state index contributed by atoms with van der Waals surface area (Å²) in [5, 5.41) is 3.15. The number of terminal acetylenes is 1. The van der Waals surface area contributed by atoms with Crippen LogP contribution in [0, 0.1) is 18.3 Å². The first-order chi connectivity index (χ1) is 7.14. The van der Waals surface area contributed by atoms with Crippen LogP contribution in [-0.4, -0.2) is 25.2 Å². The highest BCUT2D eigenvalue weighted by Gasteiger charge is 2.41. The molecule has 15 heavy (non-hydrogen) atoms. The van der Waals surface area contributed by atoms with Crippen molar-refractivity contribution in [3.05, 3.63) is 0 Å². The largest absolute Gasteiger partial charge is 0.468 e. The summed E-state index contributed by atoms with van der Waals surface area (Å²) in [5.74, 6) is 3.03. The van der Waals surface area contributed by atoms with Crippen LogP contribution < -0.4 is 5.32 Å². The van der Waals surface area contributed by atoms with Gasteiger partial charge in [0.1, 0.15) is 5.54 Å². The first-order valence-electron chi connectivity index (χ1n) is 5.41. The number of methoxy groups -OCH3 is 1. The van der Waals surface area contributed by atoms with Gasteiger partial charge in [0.25, 0.3) is 0 Å². The second-order valence-corrected chi connectivity index (χ2v) is 4.31. The average Bonchev–Trinajstić information content (AvgIpc) is 2.28. The standard InChI is InChI=1S/C12H19NO2/c1-4-9-13-12(11(14)15-3)7-5-10(2)6-8-12/h1,10,13H,5-9H2,2-3H3. The summed E-state index contributed by atoms with van der Waals surface area (Å²) >= 11 is 0. The van der Waals surface area contributed by atoms with E-state index < -0.39 is 5.54 Å². The van der Waals surface area contributed by atoms with E-state index in [0.29, 0.717) is 12.5 Å². The van der Waals surface area contributed by atoms with Crippen LogP contribution in [0.3, 0.4) is 0 Å². The lowest BCUT2D eigenvalue weighted by Gasteiger charge is -2.37. The first-order valence-corrected chi connectivity index (χ1v) is 5.41. The van der Waals surface area contributed by atoms with Crippen molar-refractivity contribution in [2.24, 2.45) is 5.92 Å². The molecule has 0 heterocycles. The summed E-state index contributed by atoms with van der Waals surface area (Å²) in [4.78, 5) is 11.7. The Bertz CT molecular complexity index is 259. The minimum absolute atomic E-state index is 0.176. The van der Waals surface area contributed by atoms with E-state index in [-0.39, 0.29) is 5.97 Å². The lowest BCUT2D eigenvalue weighted by atomic mass is 9.77. The van der Waals surface area contributed by atoms with E-state index >= 15 is 0 Å². The predicted octanol–water partition coefficient (Wildman–Crippen LogP) is 1.33. The van der Waals surface area contributed by atoms with Gasteiger partial charge in [0.15, 0.2) is 0 Å². The van der Waals surface area contributed by atoms with Gasteiger partial charge in [-0.1, -0.05) is 12.8 Å². The third kappa shape index (κ3) is 2.73. The Labute approximate surface area is 91.6 Å². The molecule has 0 aromatic carbocycles. The fraction of sp³-hybridized carbons (Fsp3) is 0.750. The van der Waals surface area contributed by atoms with E-state index in [4.69, 9.17) is 11.2 Å². The number of hydrogen-bond acceptors (Lipinski definition) is 3. The molecule has 0 aromatic rings. The van der Waals surface area contributed by atoms with Crippen LogP contribution in [0.5, 0.6) is 0 Å². The molecule has 0 radical (unpaired) electrons. The van der Waals surface area contributed by atoms with Crippen molar-refractivity contribution in [1.82, 2.24) is 5.32 Å². The average molecular weight is 209 g/mol. The molecule has 0 saturated heterocycles. The number of carbonyl (C=O) groups excluding carboxylic acids is 1. The maximum Gasteiger partial charge on any atom is 0.326 e. The van der Waals surface area contributed by atoms with Crippen molar-refractivity contribution in [3.8, 4) is 12.3 Å². The number of nitrogens with one attached hydrogen (secondary N) is 1. The van der Waals surface area contributed by atoms with E-state index in [1.807, 2.05) is 0 Å². The molecule has 1 fully saturated rings. The van der Waals surface area contributed by atoms with Crippen molar-refractivity contribution in [2.75, 3.05) is 13.7 Å². The van der Waals surface area contributed by atoms with E-state index in [9.17, 15) is 4.79 Å². The number of carbonyl (C=O) groups is 1. The van der Waals surface area contributed by atoms with Gasteiger partial charge in [-0.05, 0) is 31.6 Å². The maximum absolute atomic E-state index is 11.7. The molecule has 1 saturated carbocycles. The lowest BCUT2D eigenvalue weighted by Crippen LogP contribution is -2.54. The third-order valence-corrected chi connectivity index (χ3v) is 3.23. The fourth-order valence-corrected chi connectivity index (χ4v) is 2.12. The zero-order chi connectivity index (χ0) is 11.3. The van der Waals surface area contributed by atoms with Crippen LogP contribution in [0.2, 0.25) is 0 Å². The monoisotopic (exact) mass is 209 g/mol. The van der Waals surface area contributed by atoms with Gasteiger partial charge in [0.2, 0.25) is 0 Å². The molecule has 1 rings (SSSR count). The van der Waals surface area contributed by atoms with E-state index in [1.54, 1.807) is 0 Å². The molecule has 0 aromatic heterocycles. The zero-order valence-corrected chi connectivity index (χ0v) is 9.51. The Morgan fingerprint density at radius 1 is 1.60 bits per heavy atom. The Balaban J connectivity index is 2.69. The van der Waals surface area contributed by atoms with Crippen LogP contribution in [0.1, 0.15) is 32.6 Å². The molecule has 0 bridgehead atoms. The molecular formula is C12H19NO2. The second kappa shape index (κ2) is 5.18. The summed E-state index contributed by atoms with van der Waals surface area (Å²) in [6, 6.07) is 0. The second-order valence-electron chi connectivity index (χ2n) is 4.31. The van der Waals surface area contributed by atoms with Gasteiger partial charge in [-0.25, -0.2) is 0 Å². The number of ether oxygens (including phenoxy) is 1. The van der Waals surface area contributed by atoms with Crippen molar-refractivity contribution in [2.45, 2.75) is 38.1 Å². The van der Waals surface area contributed by atoms with E-state index in [0.717, 1.165) is 25.7 Å². The van der Waals surface area contributed by atoms with Gasteiger partial charge in [-0.15, -0.1) is 6.42 Å². The summed E-state index contributed by atoms with van der Waals surface area (Å²) in [6.07, 6.45) is 8.95. The Hall–Kier alpha value is -1.01.